The van der Waals surface area contributed by atoms with E-state index in [0.717, 1.165) is 5.70 Å². The maximum absolute atomic E-state index is 10.5. The van der Waals surface area contributed by atoms with E-state index in [-0.39, 0.29) is 11.4 Å². The van der Waals surface area contributed by atoms with Gasteiger partial charge in [0.05, 0.1) is 0 Å². The van der Waals surface area contributed by atoms with Crippen LogP contribution >= 0.6 is 11.8 Å². The summed E-state index contributed by atoms with van der Waals surface area (Å²) in [6.07, 6.45) is 0. The molecule has 10 heavy (non-hydrogen) atoms. The highest BCUT2D eigenvalue weighted by Gasteiger charge is 2.13. The van der Waals surface area contributed by atoms with Gasteiger partial charge < -0.3 is 10.6 Å². The quantitative estimate of drug-likeness (QED) is 0.587. The fraction of sp³-hybridized carbons (Fsp3) is 0.500. The molecule has 0 radical (unpaired) electrons. The maximum atomic E-state index is 10.5. The highest BCUT2D eigenvalue weighted by atomic mass is 32.2. The molecule has 56 valence electrons. The standard InChI is InChI=1S/C6H10N2OS/c1-4-3-10-6(7-4)8-5(2)9/h3,6-7H,1-2H3,(H,8,9). The molecule has 2 N–H and O–H groups in total. The van der Waals surface area contributed by atoms with E-state index in [1.54, 1.807) is 11.8 Å². The summed E-state index contributed by atoms with van der Waals surface area (Å²) in [5, 5.41) is 7.80. The summed E-state index contributed by atoms with van der Waals surface area (Å²) >= 11 is 1.57. The van der Waals surface area contributed by atoms with Gasteiger partial charge in [-0.3, -0.25) is 4.79 Å². The summed E-state index contributed by atoms with van der Waals surface area (Å²) in [7, 11) is 0. The largest absolute Gasteiger partial charge is 0.360 e. The lowest BCUT2D eigenvalue weighted by molar-refractivity contribution is -0.119. The Kier molecular flexibility index (Phi) is 2.21. The lowest BCUT2D eigenvalue weighted by Gasteiger charge is -2.11. The average Bonchev–Trinajstić information content (AvgIpc) is 2.13. The van der Waals surface area contributed by atoms with Crippen molar-refractivity contribution in [3.8, 4) is 0 Å². The van der Waals surface area contributed by atoms with Gasteiger partial charge in [-0.05, 0) is 12.3 Å². The van der Waals surface area contributed by atoms with Crippen LogP contribution in [0.4, 0.5) is 0 Å². The van der Waals surface area contributed by atoms with Crippen molar-refractivity contribution in [2.75, 3.05) is 0 Å². The number of hydrogen-bond acceptors (Lipinski definition) is 3. The average molecular weight is 158 g/mol. The molecule has 1 heterocycles. The van der Waals surface area contributed by atoms with Crippen LogP contribution in [0.1, 0.15) is 13.8 Å². The first-order chi connectivity index (χ1) is 4.68. The van der Waals surface area contributed by atoms with Crippen LogP contribution < -0.4 is 10.6 Å². The van der Waals surface area contributed by atoms with Crippen LogP contribution in [0.3, 0.4) is 0 Å². The second-order valence-corrected chi connectivity index (χ2v) is 3.14. The Hall–Kier alpha value is -0.640. The molecule has 3 nitrogen and oxygen atoms in total. The highest BCUT2D eigenvalue weighted by molar-refractivity contribution is 8.02. The van der Waals surface area contributed by atoms with Crippen LogP contribution in [-0.4, -0.2) is 11.4 Å². The number of amides is 1. The maximum Gasteiger partial charge on any atom is 0.219 e. The second kappa shape index (κ2) is 2.96. The van der Waals surface area contributed by atoms with Crippen molar-refractivity contribution in [3.63, 3.8) is 0 Å². The third kappa shape index (κ3) is 1.95. The Morgan fingerprint density at radius 3 is 3.00 bits per heavy atom. The fourth-order valence-electron chi connectivity index (χ4n) is 0.700. The van der Waals surface area contributed by atoms with E-state index < -0.39 is 0 Å². The molecule has 1 rings (SSSR count). The van der Waals surface area contributed by atoms with Crippen molar-refractivity contribution in [1.29, 1.82) is 0 Å². The van der Waals surface area contributed by atoms with Gasteiger partial charge in [0.25, 0.3) is 0 Å². The molecule has 1 aliphatic rings. The molecule has 1 unspecified atom stereocenters. The summed E-state index contributed by atoms with van der Waals surface area (Å²) in [5.74, 6) is -0.00639. The molecule has 0 aromatic rings. The Labute approximate surface area is 64.3 Å². The van der Waals surface area contributed by atoms with Gasteiger partial charge in [-0.25, -0.2) is 0 Å². The topological polar surface area (TPSA) is 41.1 Å². The van der Waals surface area contributed by atoms with Gasteiger partial charge in [-0.15, -0.1) is 0 Å². The summed E-state index contributed by atoms with van der Waals surface area (Å²) in [5.41, 5.74) is 1.14. The van der Waals surface area contributed by atoms with Crippen LogP contribution in [0.25, 0.3) is 0 Å². The van der Waals surface area contributed by atoms with Gasteiger partial charge in [-0.2, -0.15) is 0 Å². The van der Waals surface area contributed by atoms with Crippen molar-refractivity contribution >= 4 is 17.7 Å². The molecule has 0 fully saturated rings. The van der Waals surface area contributed by atoms with Crippen molar-refractivity contribution in [2.24, 2.45) is 0 Å². The number of carbonyl (C=O) groups excluding carboxylic acids is 1. The first-order valence-corrected chi connectivity index (χ1v) is 3.98. The smallest absolute Gasteiger partial charge is 0.219 e. The molecular weight excluding hydrogens is 148 g/mol. The third-order valence-electron chi connectivity index (χ3n) is 1.07. The lowest BCUT2D eigenvalue weighted by Crippen LogP contribution is -2.38. The molecule has 0 aromatic carbocycles. The van der Waals surface area contributed by atoms with E-state index >= 15 is 0 Å². The van der Waals surface area contributed by atoms with Gasteiger partial charge in [-0.1, -0.05) is 11.8 Å². The molecule has 0 spiro atoms. The monoisotopic (exact) mass is 158 g/mol. The van der Waals surface area contributed by atoms with Crippen LogP contribution in [0.2, 0.25) is 0 Å². The molecule has 0 aromatic heterocycles. The zero-order valence-electron chi connectivity index (χ0n) is 5.97. The lowest BCUT2D eigenvalue weighted by atomic mass is 10.6. The van der Waals surface area contributed by atoms with Gasteiger partial charge in [0.15, 0.2) is 5.50 Å². The molecule has 0 aliphatic carbocycles. The van der Waals surface area contributed by atoms with Crippen LogP contribution in [0, 0.1) is 0 Å². The number of nitrogens with one attached hydrogen (secondary N) is 2. The molecule has 1 atom stereocenters. The van der Waals surface area contributed by atoms with E-state index in [9.17, 15) is 4.79 Å². The molecular formula is C6H10N2OS. The van der Waals surface area contributed by atoms with Crippen molar-refractivity contribution in [3.05, 3.63) is 11.1 Å². The predicted octanol–water partition coefficient (Wildman–Crippen LogP) is 0.604. The second-order valence-electron chi connectivity index (χ2n) is 2.16. The number of thioether (sulfide) groups is 1. The molecule has 4 heteroatoms. The fourth-order valence-corrected chi connectivity index (χ4v) is 1.60. The van der Waals surface area contributed by atoms with Gasteiger partial charge >= 0.3 is 0 Å². The van der Waals surface area contributed by atoms with Crippen LogP contribution in [0.15, 0.2) is 11.1 Å². The highest BCUT2D eigenvalue weighted by Crippen LogP contribution is 2.17. The summed E-state index contributed by atoms with van der Waals surface area (Å²) in [6.45, 7) is 3.48. The Morgan fingerprint density at radius 1 is 1.90 bits per heavy atom. The third-order valence-corrected chi connectivity index (χ3v) is 2.07. The van der Waals surface area contributed by atoms with Gasteiger partial charge in [0.2, 0.25) is 5.91 Å². The van der Waals surface area contributed by atoms with Crippen molar-refractivity contribution in [1.82, 2.24) is 10.6 Å². The normalized spacial score (nSPS) is 23.4. The van der Waals surface area contributed by atoms with E-state index in [4.69, 9.17) is 0 Å². The zero-order chi connectivity index (χ0) is 7.56. The Morgan fingerprint density at radius 2 is 2.60 bits per heavy atom. The first kappa shape index (κ1) is 7.47. The van der Waals surface area contributed by atoms with E-state index in [1.807, 2.05) is 12.3 Å². The minimum Gasteiger partial charge on any atom is -0.360 e. The van der Waals surface area contributed by atoms with Crippen LogP contribution in [0.5, 0.6) is 0 Å². The number of carbonyl (C=O) groups is 1. The molecule has 0 saturated heterocycles. The summed E-state index contributed by atoms with van der Waals surface area (Å²) in [4.78, 5) is 10.5. The van der Waals surface area contributed by atoms with Crippen LogP contribution in [-0.2, 0) is 4.79 Å². The summed E-state index contributed by atoms with van der Waals surface area (Å²) in [6, 6.07) is 0. The van der Waals surface area contributed by atoms with Crippen molar-refractivity contribution in [2.45, 2.75) is 19.3 Å². The van der Waals surface area contributed by atoms with Gasteiger partial charge in [0.1, 0.15) is 0 Å². The number of rotatable bonds is 1. The Balaban J connectivity index is 2.29. The zero-order valence-corrected chi connectivity index (χ0v) is 6.79. The SMILES string of the molecule is CC(=O)NC1NC(C)=CS1. The Bertz CT molecular complexity index is 179. The summed E-state index contributed by atoms with van der Waals surface area (Å²) < 4.78 is 0. The minimum atomic E-state index is -0.00639. The van der Waals surface area contributed by atoms with E-state index in [0.29, 0.717) is 0 Å². The van der Waals surface area contributed by atoms with E-state index in [1.165, 1.54) is 6.92 Å². The molecule has 0 saturated carbocycles. The van der Waals surface area contributed by atoms with E-state index in [2.05, 4.69) is 10.6 Å². The minimum absolute atomic E-state index is 0.00639. The first-order valence-electron chi connectivity index (χ1n) is 3.04. The molecule has 1 amide bonds. The van der Waals surface area contributed by atoms with Crippen molar-refractivity contribution < 1.29 is 4.79 Å². The molecule has 1 aliphatic heterocycles. The number of hydrogen-bond donors (Lipinski definition) is 2. The predicted molar refractivity (Wildman–Crippen MR) is 42.1 cm³/mol. The molecule has 0 bridgehead atoms. The number of allylic oxidation sites excluding steroid dienone is 1. The van der Waals surface area contributed by atoms with Gasteiger partial charge in [0, 0.05) is 12.6 Å².